The fourth-order valence-corrected chi connectivity index (χ4v) is 5.66. The smallest absolute Gasteiger partial charge is 0.349 e. The van der Waals surface area contributed by atoms with E-state index in [4.69, 9.17) is 28.2 Å². The van der Waals surface area contributed by atoms with Crippen LogP contribution in [-0.4, -0.2) is 101 Å². The largest absolute Gasteiger partial charge is 0.422 e. The van der Waals surface area contributed by atoms with Crippen molar-refractivity contribution >= 4 is 40.3 Å². The van der Waals surface area contributed by atoms with E-state index in [1.807, 2.05) is 0 Å². The predicted octanol–water partition coefficient (Wildman–Crippen LogP) is 1.29. The first-order valence-corrected chi connectivity index (χ1v) is 15.5. The Morgan fingerprint density at radius 1 is 0.778 bits per heavy atom. The van der Waals surface area contributed by atoms with Crippen molar-refractivity contribution in [3.8, 4) is 0 Å². The minimum absolute atomic E-state index is 0.0118. The van der Waals surface area contributed by atoms with Gasteiger partial charge in [-0.15, -0.1) is 5.06 Å². The van der Waals surface area contributed by atoms with Gasteiger partial charge >= 0.3 is 11.6 Å². The average molecular weight is 630 g/mol. The fourth-order valence-electron chi connectivity index (χ4n) is 5.66. The number of hydrogen-bond donors (Lipinski definition) is 1. The van der Waals surface area contributed by atoms with Crippen LogP contribution in [0.5, 0.6) is 0 Å². The molecule has 0 spiro atoms. The second kappa shape index (κ2) is 15.9. The highest BCUT2D eigenvalue weighted by atomic mass is 16.7. The number of benzene rings is 1. The van der Waals surface area contributed by atoms with Crippen LogP contribution in [0.25, 0.3) is 11.0 Å². The normalized spacial score (nSPS) is 15.9. The maximum atomic E-state index is 12.7. The van der Waals surface area contributed by atoms with Crippen molar-refractivity contribution in [2.75, 3.05) is 77.4 Å². The summed E-state index contributed by atoms with van der Waals surface area (Å²) in [6.45, 7) is 4.54. The summed E-state index contributed by atoms with van der Waals surface area (Å²) in [6, 6.07) is 3.70. The molecule has 0 bridgehead atoms. The number of carbonyl (C=O) groups excluding carboxylic acids is 4. The molecule has 1 fully saturated rings. The number of amides is 3. The predicted molar refractivity (Wildman–Crippen MR) is 159 cm³/mol. The summed E-state index contributed by atoms with van der Waals surface area (Å²) < 4.78 is 27.3. The summed E-state index contributed by atoms with van der Waals surface area (Å²) in [7, 11) is 0. The van der Waals surface area contributed by atoms with Gasteiger partial charge in [0, 0.05) is 49.1 Å². The molecule has 0 unspecified atom stereocenters. The average Bonchev–Trinajstić information content (AvgIpc) is 3.35. The van der Waals surface area contributed by atoms with E-state index in [0.717, 1.165) is 49.7 Å². The molecule has 1 aromatic carbocycles. The lowest BCUT2D eigenvalue weighted by atomic mass is 9.90. The number of anilines is 1. The zero-order chi connectivity index (χ0) is 31.6. The van der Waals surface area contributed by atoms with Gasteiger partial charge in [-0.1, -0.05) is 0 Å². The van der Waals surface area contributed by atoms with Crippen molar-refractivity contribution in [1.82, 2.24) is 10.4 Å². The number of hydrogen-bond acceptors (Lipinski definition) is 12. The Bertz CT molecular complexity index is 1440. The summed E-state index contributed by atoms with van der Waals surface area (Å²) in [6.07, 6.45) is 3.97. The SMILES string of the molecule is O=C(CCOCCOCCOCCOCCNC(=O)c1cc2cc3c4c(c2oc1=O)CCCN4CCC3)ON1C(=O)CCC1=O. The summed E-state index contributed by atoms with van der Waals surface area (Å²) in [5.74, 6) is -2.25. The van der Waals surface area contributed by atoms with Crippen LogP contribution in [0.3, 0.4) is 0 Å². The van der Waals surface area contributed by atoms with Gasteiger partial charge in [0.05, 0.1) is 59.3 Å². The summed E-state index contributed by atoms with van der Waals surface area (Å²) in [5.41, 5.74) is 3.50. The number of imide groups is 1. The van der Waals surface area contributed by atoms with E-state index in [1.165, 1.54) is 11.3 Å². The van der Waals surface area contributed by atoms with Crippen LogP contribution in [0, 0.1) is 0 Å². The Labute approximate surface area is 259 Å². The first kappa shape index (κ1) is 32.5. The summed E-state index contributed by atoms with van der Waals surface area (Å²) in [5, 5.41) is 4.02. The molecule has 4 heterocycles. The molecule has 2 aromatic rings. The molecule has 45 heavy (non-hydrogen) atoms. The zero-order valence-corrected chi connectivity index (χ0v) is 25.3. The van der Waals surface area contributed by atoms with Gasteiger partial charge in [-0.2, -0.15) is 0 Å². The highest BCUT2D eigenvalue weighted by Gasteiger charge is 2.32. The monoisotopic (exact) mass is 629 g/mol. The van der Waals surface area contributed by atoms with Crippen LogP contribution in [0.15, 0.2) is 21.3 Å². The van der Waals surface area contributed by atoms with Gasteiger partial charge < -0.3 is 38.4 Å². The van der Waals surface area contributed by atoms with Crippen LogP contribution in [-0.2, 0) is 51.0 Å². The number of nitrogens with zero attached hydrogens (tertiary/aromatic N) is 2. The van der Waals surface area contributed by atoms with Crippen molar-refractivity contribution in [3.05, 3.63) is 39.2 Å². The van der Waals surface area contributed by atoms with E-state index in [-0.39, 0.29) is 51.2 Å². The van der Waals surface area contributed by atoms with Gasteiger partial charge in [-0.3, -0.25) is 14.4 Å². The Hall–Kier alpha value is -3.85. The van der Waals surface area contributed by atoms with Gasteiger partial charge in [0.15, 0.2) is 0 Å². The topological polar surface area (TPSA) is 163 Å². The molecular formula is C31H39N3O11. The molecule has 14 nitrogen and oxygen atoms in total. The lowest BCUT2D eigenvalue weighted by molar-refractivity contribution is -0.198. The molecule has 244 valence electrons. The van der Waals surface area contributed by atoms with E-state index in [9.17, 15) is 24.0 Å². The molecule has 0 atom stereocenters. The Morgan fingerprint density at radius 3 is 2.09 bits per heavy atom. The van der Waals surface area contributed by atoms with Crippen molar-refractivity contribution in [2.45, 2.75) is 44.9 Å². The number of fused-ring (bicyclic) bond motifs is 2. The third kappa shape index (κ3) is 8.45. The third-order valence-electron chi connectivity index (χ3n) is 7.76. The zero-order valence-electron chi connectivity index (χ0n) is 25.3. The second-order valence-electron chi connectivity index (χ2n) is 10.9. The lowest BCUT2D eigenvalue weighted by Crippen LogP contribution is -2.35. The van der Waals surface area contributed by atoms with Crippen molar-refractivity contribution in [1.29, 1.82) is 0 Å². The number of hydroxylamine groups is 2. The number of aryl methyl sites for hydroxylation is 2. The van der Waals surface area contributed by atoms with Crippen molar-refractivity contribution < 1.29 is 47.4 Å². The maximum absolute atomic E-state index is 12.7. The van der Waals surface area contributed by atoms with E-state index < -0.39 is 29.3 Å². The number of nitrogens with one attached hydrogen (secondary N) is 1. The van der Waals surface area contributed by atoms with E-state index in [0.29, 0.717) is 43.7 Å². The Morgan fingerprint density at radius 2 is 1.40 bits per heavy atom. The van der Waals surface area contributed by atoms with Crippen molar-refractivity contribution in [2.24, 2.45) is 0 Å². The molecule has 3 aliphatic heterocycles. The molecule has 1 saturated heterocycles. The molecule has 5 rings (SSSR count). The summed E-state index contributed by atoms with van der Waals surface area (Å²) in [4.78, 5) is 67.1. The van der Waals surface area contributed by atoms with E-state index >= 15 is 0 Å². The van der Waals surface area contributed by atoms with Crippen LogP contribution in [0.1, 0.15) is 53.6 Å². The molecule has 3 aliphatic rings. The van der Waals surface area contributed by atoms with Gasteiger partial charge in [-0.05, 0) is 43.4 Å². The van der Waals surface area contributed by atoms with E-state index in [2.05, 4.69) is 16.3 Å². The fraction of sp³-hybridized carbons (Fsp3) is 0.581. The van der Waals surface area contributed by atoms with Gasteiger partial charge in [0.2, 0.25) is 0 Å². The Kier molecular flexibility index (Phi) is 11.5. The maximum Gasteiger partial charge on any atom is 0.349 e. The molecule has 0 aliphatic carbocycles. The first-order chi connectivity index (χ1) is 21.9. The van der Waals surface area contributed by atoms with Crippen LogP contribution in [0.4, 0.5) is 5.69 Å². The molecular weight excluding hydrogens is 590 g/mol. The number of ether oxygens (including phenoxy) is 4. The number of rotatable bonds is 17. The van der Waals surface area contributed by atoms with Crippen LogP contribution in [0.2, 0.25) is 0 Å². The lowest BCUT2D eigenvalue weighted by Gasteiger charge is -2.37. The quantitative estimate of drug-likeness (QED) is 0.152. The van der Waals surface area contributed by atoms with Gasteiger partial charge in [0.25, 0.3) is 17.7 Å². The Balaban J connectivity index is 0.886. The van der Waals surface area contributed by atoms with Crippen LogP contribution >= 0.6 is 0 Å². The molecule has 0 saturated carbocycles. The minimum atomic E-state index is -0.714. The number of carbonyl (C=O) groups is 4. The molecule has 3 amide bonds. The first-order valence-electron chi connectivity index (χ1n) is 15.5. The summed E-state index contributed by atoms with van der Waals surface area (Å²) >= 11 is 0. The minimum Gasteiger partial charge on any atom is -0.422 e. The molecule has 14 heteroatoms. The molecule has 1 aromatic heterocycles. The molecule has 1 N–H and O–H groups in total. The third-order valence-corrected chi connectivity index (χ3v) is 7.76. The second-order valence-corrected chi connectivity index (χ2v) is 10.9. The highest BCUT2D eigenvalue weighted by Crippen LogP contribution is 2.39. The highest BCUT2D eigenvalue weighted by molar-refractivity contribution is 6.01. The van der Waals surface area contributed by atoms with E-state index in [1.54, 1.807) is 6.07 Å². The standard InChI is InChI=1S/C31H39N3O11/c35-25-5-6-26(36)34(25)45-27(37)7-11-40-13-15-42-17-18-43-16-14-41-12-8-32-30(38)24-20-22-19-21-3-1-9-33-10-2-4-23(28(21)33)29(22)44-31(24)39/h19-20H,1-18H2,(H,32,38). The van der Waals surface area contributed by atoms with Crippen molar-refractivity contribution in [3.63, 3.8) is 0 Å². The van der Waals surface area contributed by atoms with Gasteiger partial charge in [-0.25, -0.2) is 9.59 Å². The van der Waals surface area contributed by atoms with Gasteiger partial charge in [0.1, 0.15) is 11.1 Å². The molecule has 0 radical (unpaired) electrons. The van der Waals surface area contributed by atoms with Crippen LogP contribution < -0.4 is 15.8 Å².